The molecule has 1 unspecified atom stereocenters. The molecule has 0 saturated heterocycles. The quantitative estimate of drug-likeness (QED) is 0.805. The number of benzene rings is 1. The molecule has 0 radical (unpaired) electrons. The van der Waals surface area contributed by atoms with Crippen molar-refractivity contribution < 1.29 is 4.74 Å². The van der Waals surface area contributed by atoms with Gasteiger partial charge in [0.25, 0.3) is 0 Å². The second-order valence-corrected chi connectivity index (χ2v) is 7.94. The van der Waals surface area contributed by atoms with Gasteiger partial charge in [0.2, 0.25) is 0 Å². The van der Waals surface area contributed by atoms with Crippen molar-refractivity contribution in [3.05, 3.63) is 46.8 Å². The van der Waals surface area contributed by atoms with Crippen molar-refractivity contribution in [1.29, 1.82) is 0 Å². The van der Waals surface area contributed by atoms with Gasteiger partial charge in [0.1, 0.15) is 0 Å². The maximum Gasteiger partial charge on any atom is 0.0736 e. The number of ether oxygens (including phenoxy) is 1. The normalized spacial score (nSPS) is 21.0. The SMILES string of the molecule is CCOCc1ccccc1NC1C[C@H](C)Sc2sccc21. The fourth-order valence-electron chi connectivity index (χ4n) is 2.67. The average Bonchev–Trinajstić information content (AvgIpc) is 2.94. The third kappa shape index (κ3) is 3.44. The number of para-hydroxylation sites is 1. The molecule has 0 aliphatic carbocycles. The molecule has 1 N–H and O–H groups in total. The van der Waals surface area contributed by atoms with Crippen LogP contribution in [0.15, 0.2) is 39.9 Å². The average molecular weight is 319 g/mol. The van der Waals surface area contributed by atoms with E-state index in [1.807, 2.05) is 30.0 Å². The fourth-order valence-corrected chi connectivity index (χ4v) is 5.24. The summed E-state index contributed by atoms with van der Waals surface area (Å²) < 4.78 is 7.05. The molecule has 0 spiro atoms. The lowest BCUT2D eigenvalue weighted by molar-refractivity contribution is 0.134. The summed E-state index contributed by atoms with van der Waals surface area (Å²) in [5, 5.41) is 6.61. The Balaban J connectivity index is 1.81. The van der Waals surface area contributed by atoms with E-state index in [0.717, 1.165) is 13.0 Å². The Bertz CT molecular complexity index is 596. The van der Waals surface area contributed by atoms with Gasteiger partial charge in [-0.1, -0.05) is 25.1 Å². The molecule has 0 fully saturated rings. The van der Waals surface area contributed by atoms with Gasteiger partial charge in [0.15, 0.2) is 0 Å². The number of nitrogens with one attached hydrogen (secondary N) is 1. The Morgan fingerprint density at radius 3 is 3.00 bits per heavy atom. The molecule has 2 heterocycles. The van der Waals surface area contributed by atoms with Gasteiger partial charge < -0.3 is 10.1 Å². The zero-order valence-electron chi connectivity index (χ0n) is 12.5. The van der Waals surface area contributed by atoms with Gasteiger partial charge in [0, 0.05) is 23.1 Å². The van der Waals surface area contributed by atoms with Crippen LogP contribution in [-0.4, -0.2) is 11.9 Å². The third-order valence-electron chi connectivity index (χ3n) is 3.72. The van der Waals surface area contributed by atoms with Crippen molar-refractivity contribution >= 4 is 28.8 Å². The van der Waals surface area contributed by atoms with Crippen LogP contribution in [-0.2, 0) is 11.3 Å². The smallest absolute Gasteiger partial charge is 0.0736 e. The van der Waals surface area contributed by atoms with E-state index in [4.69, 9.17) is 4.74 Å². The zero-order valence-corrected chi connectivity index (χ0v) is 14.1. The molecule has 4 heteroatoms. The fraction of sp³-hybridized carbons (Fsp3) is 0.412. The number of thioether (sulfide) groups is 1. The molecule has 112 valence electrons. The lowest BCUT2D eigenvalue weighted by atomic mass is 10.0. The molecular weight excluding hydrogens is 298 g/mol. The highest BCUT2D eigenvalue weighted by Crippen LogP contribution is 2.45. The zero-order chi connectivity index (χ0) is 14.7. The minimum Gasteiger partial charge on any atom is -0.378 e. The van der Waals surface area contributed by atoms with Crippen LogP contribution in [0.4, 0.5) is 5.69 Å². The summed E-state index contributed by atoms with van der Waals surface area (Å²) in [7, 11) is 0. The highest BCUT2D eigenvalue weighted by Gasteiger charge is 2.26. The van der Waals surface area contributed by atoms with Crippen LogP contribution in [0.2, 0.25) is 0 Å². The number of rotatable bonds is 5. The Labute approximate surface area is 134 Å². The summed E-state index contributed by atoms with van der Waals surface area (Å²) in [6.45, 7) is 5.77. The predicted molar refractivity (Wildman–Crippen MR) is 92.4 cm³/mol. The molecule has 2 aromatic rings. The first kappa shape index (κ1) is 14.9. The molecule has 1 aliphatic rings. The van der Waals surface area contributed by atoms with Crippen LogP contribution in [0.1, 0.15) is 37.4 Å². The largest absolute Gasteiger partial charge is 0.378 e. The van der Waals surface area contributed by atoms with Gasteiger partial charge >= 0.3 is 0 Å². The third-order valence-corrected chi connectivity index (χ3v) is 6.06. The van der Waals surface area contributed by atoms with E-state index in [1.54, 1.807) is 0 Å². The minimum absolute atomic E-state index is 0.408. The maximum atomic E-state index is 5.58. The lowest BCUT2D eigenvalue weighted by Gasteiger charge is -2.29. The Hall–Kier alpha value is -0.970. The molecule has 2 atom stereocenters. The minimum atomic E-state index is 0.408. The van der Waals surface area contributed by atoms with Gasteiger partial charge in [-0.3, -0.25) is 0 Å². The summed E-state index contributed by atoms with van der Waals surface area (Å²) in [4.78, 5) is 0. The lowest BCUT2D eigenvalue weighted by Crippen LogP contribution is -2.19. The van der Waals surface area contributed by atoms with Crippen molar-refractivity contribution in [3.8, 4) is 0 Å². The second kappa shape index (κ2) is 6.86. The first-order valence-corrected chi connectivity index (χ1v) is 9.20. The first-order valence-electron chi connectivity index (χ1n) is 7.44. The molecule has 0 amide bonds. The summed E-state index contributed by atoms with van der Waals surface area (Å²) in [6.07, 6.45) is 1.16. The summed E-state index contributed by atoms with van der Waals surface area (Å²) in [6, 6.07) is 11.1. The summed E-state index contributed by atoms with van der Waals surface area (Å²) in [5.41, 5.74) is 3.89. The van der Waals surface area contributed by atoms with Crippen molar-refractivity contribution in [2.75, 3.05) is 11.9 Å². The van der Waals surface area contributed by atoms with Gasteiger partial charge in [0.05, 0.1) is 16.9 Å². The summed E-state index contributed by atoms with van der Waals surface area (Å²) >= 11 is 3.86. The Morgan fingerprint density at radius 1 is 1.29 bits per heavy atom. The number of hydrogen-bond donors (Lipinski definition) is 1. The van der Waals surface area contributed by atoms with Gasteiger partial charge in [-0.15, -0.1) is 23.1 Å². The molecular formula is C17H21NOS2. The van der Waals surface area contributed by atoms with E-state index in [2.05, 4.69) is 48.0 Å². The van der Waals surface area contributed by atoms with Crippen molar-refractivity contribution in [2.24, 2.45) is 0 Å². The molecule has 3 rings (SSSR count). The number of hydrogen-bond acceptors (Lipinski definition) is 4. The molecule has 0 bridgehead atoms. The number of fused-ring (bicyclic) bond motifs is 1. The van der Waals surface area contributed by atoms with Crippen LogP contribution in [0.25, 0.3) is 0 Å². The standard InChI is InChI=1S/C17H21NOS2/c1-3-19-11-13-6-4-5-7-15(13)18-16-10-12(2)21-17-14(16)8-9-20-17/h4-9,12,16,18H,3,10-11H2,1-2H3/t12-,16?/m0/s1. The topological polar surface area (TPSA) is 21.3 Å². The van der Waals surface area contributed by atoms with Crippen LogP contribution in [0.3, 0.4) is 0 Å². The van der Waals surface area contributed by atoms with Crippen molar-refractivity contribution in [1.82, 2.24) is 0 Å². The van der Waals surface area contributed by atoms with Crippen LogP contribution in [0, 0.1) is 0 Å². The predicted octanol–water partition coefficient (Wildman–Crippen LogP) is 5.32. The van der Waals surface area contributed by atoms with E-state index in [-0.39, 0.29) is 0 Å². The number of thiophene rings is 1. The Morgan fingerprint density at radius 2 is 2.14 bits per heavy atom. The van der Waals surface area contributed by atoms with E-state index < -0.39 is 0 Å². The Kier molecular flexibility index (Phi) is 4.88. The first-order chi connectivity index (χ1) is 10.3. The highest BCUT2D eigenvalue weighted by atomic mass is 32.2. The van der Waals surface area contributed by atoms with Crippen LogP contribution >= 0.6 is 23.1 Å². The second-order valence-electron chi connectivity index (χ2n) is 5.32. The van der Waals surface area contributed by atoms with E-state index in [1.165, 1.54) is 21.0 Å². The molecule has 21 heavy (non-hydrogen) atoms. The van der Waals surface area contributed by atoms with Crippen molar-refractivity contribution in [3.63, 3.8) is 0 Å². The van der Waals surface area contributed by atoms with Gasteiger partial charge in [-0.25, -0.2) is 0 Å². The summed E-state index contributed by atoms with van der Waals surface area (Å²) in [5.74, 6) is 0. The molecule has 1 aromatic heterocycles. The number of anilines is 1. The van der Waals surface area contributed by atoms with Crippen molar-refractivity contribution in [2.45, 2.75) is 42.4 Å². The van der Waals surface area contributed by atoms with Gasteiger partial charge in [-0.05, 0) is 36.4 Å². The van der Waals surface area contributed by atoms with Crippen LogP contribution < -0.4 is 5.32 Å². The van der Waals surface area contributed by atoms with E-state index in [9.17, 15) is 0 Å². The van der Waals surface area contributed by atoms with Crippen LogP contribution in [0.5, 0.6) is 0 Å². The van der Waals surface area contributed by atoms with E-state index in [0.29, 0.717) is 17.9 Å². The molecule has 0 saturated carbocycles. The van der Waals surface area contributed by atoms with Gasteiger partial charge in [-0.2, -0.15) is 0 Å². The highest BCUT2D eigenvalue weighted by molar-refractivity contribution is 8.01. The molecule has 2 nitrogen and oxygen atoms in total. The maximum absolute atomic E-state index is 5.58. The molecule has 1 aliphatic heterocycles. The molecule has 1 aromatic carbocycles. The monoisotopic (exact) mass is 319 g/mol. The van der Waals surface area contributed by atoms with E-state index >= 15 is 0 Å².